The zero-order chi connectivity index (χ0) is 42.1. The fraction of sp³-hybridized carbons (Fsp3) is 0.559. The van der Waals surface area contributed by atoms with Gasteiger partial charge in [0.15, 0.2) is 16.9 Å². The number of piperidine rings is 1. The number of aliphatic imine (C=N–C) groups is 1. The fourth-order valence-corrected chi connectivity index (χ4v) is 7.41. The van der Waals surface area contributed by atoms with E-state index in [1.54, 1.807) is 32.9 Å². The Kier molecular flexibility index (Phi) is 12.5. The lowest BCUT2D eigenvalue weighted by atomic mass is 9.84. The lowest BCUT2D eigenvalue weighted by Gasteiger charge is -2.50. The maximum absolute atomic E-state index is 13.8. The molecule has 5 rings (SSSR count). The van der Waals surface area contributed by atoms with E-state index >= 15 is 0 Å². The number of anilines is 1. The Bertz CT molecular complexity index is 2070. The molecular weight excluding hydrogens is 793 g/mol. The number of hydrogen-bond donors (Lipinski definition) is 7. The van der Waals surface area contributed by atoms with E-state index in [-0.39, 0.29) is 35.9 Å². The standard InChI is InChI=1S/C34H46N8O13S2/c1-32(2,3)53-31(48)40-30-38-21(16-56-30)24(27(44)39-25-28(45)42(33(25,4)5)55-57(49,50)51)41-54-34(6,29(46)47)23-10-8-17-13-18(7-9-22(17)52-23)26(35)37-19-11-12-36-20(14-19)15-43/h7,9,13,16,19-20,23,25,36,43H,8,10-12,14-15H2,1-6H3,(H2,35,37)(H,39,44)(H,46,47)(H,38,40,48)(H,49,50,51)/b41-24-/t19-,20-,23+,25+,34-/m0/s1. The number of aromatic nitrogens is 1. The fourth-order valence-electron chi connectivity index (χ4n) is 6.28. The van der Waals surface area contributed by atoms with Crippen LogP contribution in [0.1, 0.15) is 77.6 Å². The van der Waals surface area contributed by atoms with Crippen molar-refractivity contribution in [3.05, 3.63) is 40.4 Å². The number of oxime groups is 1. The lowest BCUT2D eigenvalue weighted by Crippen LogP contribution is -2.76. The smallest absolute Gasteiger partial charge is 0.418 e. The van der Waals surface area contributed by atoms with E-state index in [2.05, 4.69) is 35.4 Å². The highest BCUT2D eigenvalue weighted by Gasteiger charge is 2.58. The predicted octanol–water partition coefficient (Wildman–Crippen LogP) is 1.11. The van der Waals surface area contributed by atoms with Gasteiger partial charge in [-0.2, -0.15) is 13.5 Å². The summed E-state index contributed by atoms with van der Waals surface area (Å²) in [6.45, 7) is 9.55. The van der Waals surface area contributed by atoms with Gasteiger partial charge in [0.05, 0.1) is 18.2 Å². The molecule has 2 saturated heterocycles. The number of nitrogens with zero attached hydrogens (tertiary/aromatic N) is 4. The number of rotatable bonds is 13. The molecule has 0 spiro atoms. The van der Waals surface area contributed by atoms with E-state index < -0.39 is 68.9 Å². The molecule has 0 unspecified atom stereocenters. The summed E-state index contributed by atoms with van der Waals surface area (Å²) in [6, 6.07) is 3.61. The van der Waals surface area contributed by atoms with Crippen LogP contribution in [0.4, 0.5) is 9.93 Å². The first-order chi connectivity index (χ1) is 26.5. The molecule has 57 heavy (non-hydrogen) atoms. The topological polar surface area (TPSA) is 303 Å². The van der Waals surface area contributed by atoms with Crippen LogP contribution in [0, 0.1) is 0 Å². The Morgan fingerprint density at radius 2 is 1.93 bits per heavy atom. The average molecular weight is 839 g/mol. The quantitative estimate of drug-likeness (QED) is 0.0489. The second-order valence-corrected chi connectivity index (χ2v) is 17.2. The molecule has 21 nitrogen and oxygen atoms in total. The van der Waals surface area contributed by atoms with Gasteiger partial charge in [0.25, 0.3) is 17.4 Å². The molecular formula is C34H46N8O13S2. The molecule has 3 amide bonds. The number of aryl methyl sites for hydroxylation is 1. The second kappa shape index (κ2) is 16.5. The number of amidine groups is 1. The summed E-state index contributed by atoms with van der Waals surface area (Å²) < 4.78 is 47.4. The van der Waals surface area contributed by atoms with Crippen LogP contribution in [0.3, 0.4) is 0 Å². The number of fused-ring (bicyclic) bond motifs is 1. The monoisotopic (exact) mass is 838 g/mol. The van der Waals surface area contributed by atoms with E-state index in [0.29, 0.717) is 41.6 Å². The van der Waals surface area contributed by atoms with Crippen molar-refractivity contribution in [3.8, 4) is 5.75 Å². The van der Waals surface area contributed by atoms with Crippen molar-refractivity contribution in [3.63, 3.8) is 0 Å². The van der Waals surface area contributed by atoms with Crippen molar-refractivity contribution < 1.29 is 61.0 Å². The SMILES string of the molecule is CC(C)(C)OC(=O)Nc1nc(/C(=N/O[C@](C)(C(=O)O)[C@H]2CCc3cc(C(N)=N[C@H]4CCN[C@H](CO)C4)ccc3O2)C(=O)N[C@@H]2C(=O)N(OS(=O)(=O)O)C2(C)C)cs1. The highest BCUT2D eigenvalue weighted by Crippen LogP contribution is 2.36. The van der Waals surface area contributed by atoms with E-state index in [9.17, 15) is 37.8 Å². The van der Waals surface area contributed by atoms with Gasteiger partial charge >= 0.3 is 22.5 Å². The van der Waals surface area contributed by atoms with Crippen LogP contribution in [0.25, 0.3) is 0 Å². The number of carboxylic acid groups (broad SMARTS) is 1. The molecule has 0 saturated carbocycles. The van der Waals surface area contributed by atoms with Gasteiger partial charge in [-0.1, -0.05) is 5.16 Å². The molecule has 0 aliphatic carbocycles. The average Bonchev–Trinajstić information content (AvgIpc) is 3.58. The Morgan fingerprint density at radius 1 is 1.21 bits per heavy atom. The predicted molar refractivity (Wildman–Crippen MR) is 203 cm³/mol. The first-order valence-electron chi connectivity index (χ1n) is 17.8. The molecule has 5 atom stereocenters. The van der Waals surface area contributed by atoms with E-state index in [0.717, 1.165) is 23.3 Å². The second-order valence-electron chi connectivity index (χ2n) is 15.3. The molecule has 23 heteroatoms. The summed E-state index contributed by atoms with van der Waals surface area (Å²) in [5.74, 6) is -2.95. The van der Waals surface area contributed by atoms with Crippen LogP contribution in [0.5, 0.6) is 5.75 Å². The number of hydroxylamine groups is 2. The molecule has 2 aromatic rings. The number of aliphatic carboxylic acids is 1. The van der Waals surface area contributed by atoms with Gasteiger partial charge < -0.3 is 40.9 Å². The number of carbonyl (C=O) groups excluding carboxylic acids is 3. The highest BCUT2D eigenvalue weighted by atomic mass is 32.3. The lowest BCUT2D eigenvalue weighted by molar-refractivity contribution is -0.218. The zero-order valence-electron chi connectivity index (χ0n) is 32.0. The minimum absolute atomic E-state index is 0.00228. The summed E-state index contributed by atoms with van der Waals surface area (Å²) in [4.78, 5) is 66.4. The molecule has 4 heterocycles. The Hall–Kier alpha value is -4.94. The van der Waals surface area contributed by atoms with Gasteiger partial charge in [0.1, 0.15) is 28.9 Å². The summed E-state index contributed by atoms with van der Waals surface area (Å²) in [6.07, 6.45) is -0.111. The minimum atomic E-state index is -5.09. The number of nitrogens with one attached hydrogen (secondary N) is 3. The van der Waals surface area contributed by atoms with Gasteiger partial charge in [-0.05, 0) is 97.5 Å². The number of β-lactam (4-membered cyclic amide) rings is 1. The third-order valence-electron chi connectivity index (χ3n) is 9.37. The Labute approximate surface area is 331 Å². The van der Waals surface area contributed by atoms with Gasteiger partial charge in [-0.15, -0.1) is 15.6 Å². The number of nitrogens with two attached hydrogens (primary N) is 1. The van der Waals surface area contributed by atoms with E-state index in [1.807, 2.05) is 6.07 Å². The van der Waals surface area contributed by atoms with Gasteiger partial charge in [-0.3, -0.25) is 24.5 Å². The van der Waals surface area contributed by atoms with Crippen molar-refractivity contribution >= 4 is 62.3 Å². The van der Waals surface area contributed by atoms with E-state index in [4.69, 9.17) is 24.6 Å². The molecule has 0 radical (unpaired) electrons. The van der Waals surface area contributed by atoms with Crippen molar-refractivity contribution in [2.75, 3.05) is 18.5 Å². The summed E-state index contributed by atoms with van der Waals surface area (Å²) in [7, 11) is -5.09. The third kappa shape index (κ3) is 10.1. The first kappa shape index (κ1) is 43.2. The number of carbonyl (C=O) groups is 4. The van der Waals surface area contributed by atoms with Gasteiger partial charge in [-0.25, -0.2) is 14.6 Å². The molecule has 0 bridgehead atoms. The molecule has 3 aliphatic rings. The third-order valence-corrected chi connectivity index (χ3v) is 10.5. The number of benzene rings is 1. The molecule has 1 aromatic carbocycles. The molecule has 3 aliphatic heterocycles. The van der Waals surface area contributed by atoms with Crippen LogP contribution in [-0.4, -0.2) is 123 Å². The normalized spacial score (nSPS) is 23.6. The van der Waals surface area contributed by atoms with E-state index in [1.165, 1.54) is 26.2 Å². The highest BCUT2D eigenvalue weighted by molar-refractivity contribution is 7.80. The van der Waals surface area contributed by atoms with Crippen LogP contribution in [0.15, 0.2) is 33.7 Å². The number of aliphatic hydroxyl groups excluding tert-OH is 1. The van der Waals surface area contributed by atoms with Crippen molar-refractivity contribution in [1.29, 1.82) is 0 Å². The molecule has 1 aromatic heterocycles. The van der Waals surface area contributed by atoms with Crippen LogP contribution < -0.4 is 26.4 Å². The number of ether oxygens (including phenoxy) is 2. The summed E-state index contributed by atoms with van der Waals surface area (Å²) in [5, 5.41) is 33.6. The number of carboxylic acids is 1. The largest absolute Gasteiger partial charge is 0.485 e. The van der Waals surface area contributed by atoms with Crippen LogP contribution in [-0.2, 0) is 45.1 Å². The zero-order valence-corrected chi connectivity index (χ0v) is 33.6. The number of aliphatic hydroxyl groups is 1. The first-order valence-corrected chi connectivity index (χ1v) is 20.0. The molecule has 312 valence electrons. The molecule has 2 fully saturated rings. The van der Waals surface area contributed by atoms with Crippen LogP contribution in [0.2, 0.25) is 0 Å². The van der Waals surface area contributed by atoms with Gasteiger partial charge in [0.2, 0.25) is 0 Å². The van der Waals surface area contributed by atoms with Crippen molar-refractivity contribution in [1.82, 2.24) is 20.7 Å². The summed E-state index contributed by atoms with van der Waals surface area (Å²) >= 11 is 0.869. The number of hydrogen-bond acceptors (Lipinski definition) is 16. The molecule has 8 N–H and O–H groups in total. The Morgan fingerprint density at radius 3 is 2.56 bits per heavy atom. The number of thiazole rings is 1. The maximum atomic E-state index is 13.8. The minimum Gasteiger partial charge on any atom is -0.485 e. The van der Waals surface area contributed by atoms with Gasteiger partial charge in [0, 0.05) is 17.0 Å². The van der Waals surface area contributed by atoms with Crippen LogP contribution >= 0.6 is 11.3 Å². The Balaban J connectivity index is 1.39. The maximum Gasteiger partial charge on any atom is 0.418 e. The summed E-state index contributed by atoms with van der Waals surface area (Å²) in [5.41, 5.74) is 2.36. The van der Waals surface area contributed by atoms with Crippen molar-refractivity contribution in [2.24, 2.45) is 15.9 Å². The van der Waals surface area contributed by atoms with Crippen molar-refractivity contribution in [2.45, 2.75) is 108 Å². The number of amides is 3.